The van der Waals surface area contributed by atoms with E-state index in [0.717, 1.165) is 17.8 Å². The van der Waals surface area contributed by atoms with Gasteiger partial charge in [0.25, 0.3) is 0 Å². The van der Waals surface area contributed by atoms with Crippen LogP contribution in [0.4, 0.5) is 0 Å². The minimum absolute atomic E-state index is 0.551. The van der Waals surface area contributed by atoms with Crippen molar-refractivity contribution < 1.29 is 0 Å². The smallest absolute Gasteiger partial charge is 0.108 e. The zero-order valence-corrected chi connectivity index (χ0v) is 8.43. The lowest BCUT2D eigenvalue weighted by Gasteiger charge is -1.90. The van der Waals surface area contributed by atoms with Crippen LogP contribution in [0.25, 0.3) is 0 Å². The number of thiazole rings is 1. The van der Waals surface area contributed by atoms with Crippen molar-refractivity contribution >= 4 is 22.9 Å². The molecule has 1 nitrogen and oxygen atoms in total. The number of aromatic nitrogens is 1. The van der Waals surface area contributed by atoms with Crippen molar-refractivity contribution in [2.75, 3.05) is 0 Å². The molecule has 62 valence electrons. The van der Waals surface area contributed by atoms with Crippen LogP contribution in [0.2, 0.25) is 0 Å². The second kappa shape index (κ2) is 4.07. The topological polar surface area (TPSA) is 12.9 Å². The molecule has 1 rings (SSSR count). The predicted octanol–water partition coefficient (Wildman–Crippen LogP) is 3.14. The third-order valence-electron chi connectivity index (χ3n) is 1.54. The van der Waals surface area contributed by atoms with Gasteiger partial charge in [0.05, 0.1) is 11.6 Å². The molecule has 0 aliphatic rings. The second-order valence-electron chi connectivity index (χ2n) is 2.49. The van der Waals surface area contributed by atoms with Crippen LogP contribution >= 0.6 is 22.9 Å². The fourth-order valence-electron chi connectivity index (χ4n) is 1.01. The average Bonchev–Trinajstić information content (AvgIpc) is 2.33. The summed E-state index contributed by atoms with van der Waals surface area (Å²) >= 11 is 7.37. The van der Waals surface area contributed by atoms with Crippen LogP contribution in [0.1, 0.15) is 28.9 Å². The molecule has 0 N–H and O–H groups in total. The fraction of sp³-hybridized carbons (Fsp3) is 0.625. The quantitative estimate of drug-likeness (QED) is 0.666. The molecule has 0 bridgehead atoms. The molecule has 0 unspecified atom stereocenters. The fourth-order valence-corrected chi connectivity index (χ4v) is 2.07. The highest BCUT2D eigenvalue weighted by molar-refractivity contribution is 7.11. The van der Waals surface area contributed by atoms with Crippen molar-refractivity contribution in [3.05, 3.63) is 15.6 Å². The van der Waals surface area contributed by atoms with Gasteiger partial charge in [0.15, 0.2) is 0 Å². The third kappa shape index (κ3) is 2.17. The Bertz CT molecular complexity index is 232. The number of hydrogen-bond donors (Lipinski definition) is 0. The van der Waals surface area contributed by atoms with Crippen LogP contribution in [-0.2, 0) is 12.3 Å². The molecule has 0 spiro atoms. The van der Waals surface area contributed by atoms with E-state index in [1.54, 1.807) is 11.3 Å². The number of nitrogens with zero attached hydrogens (tertiary/aromatic N) is 1. The van der Waals surface area contributed by atoms with Gasteiger partial charge in [-0.05, 0) is 13.3 Å². The molecule has 1 aromatic rings. The van der Waals surface area contributed by atoms with Gasteiger partial charge in [0, 0.05) is 4.88 Å². The first kappa shape index (κ1) is 9.01. The molecule has 1 heterocycles. The molecule has 0 saturated carbocycles. The number of alkyl halides is 1. The summed E-state index contributed by atoms with van der Waals surface area (Å²) in [6.07, 6.45) is 2.24. The van der Waals surface area contributed by atoms with E-state index in [2.05, 4.69) is 18.8 Å². The van der Waals surface area contributed by atoms with E-state index >= 15 is 0 Å². The Balaban J connectivity index is 2.79. The molecular formula is C8H12ClNS. The van der Waals surface area contributed by atoms with Gasteiger partial charge in [0.1, 0.15) is 5.01 Å². The van der Waals surface area contributed by atoms with E-state index < -0.39 is 0 Å². The highest BCUT2D eigenvalue weighted by atomic mass is 35.5. The summed E-state index contributed by atoms with van der Waals surface area (Å²) in [5, 5.41) is 1.05. The van der Waals surface area contributed by atoms with Crippen LogP contribution in [0, 0.1) is 6.92 Å². The summed E-state index contributed by atoms with van der Waals surface area (Å²) in [4.78, 5) is 5.73. The van der Waals surface area contributed by atoms with Gasteiger partial charge in [0.2, 0.25) is 0 Å². The minimum Gasteiger partial charge on any atom is -0.245 e. The van der Waals surface area contributed by atoms with Crippen LogP contribution in [0.3, 0.4) is 0 Å². The molecule has 0 aliphatic heterocycles. The maximum absolute atomic E-state index is 5.66. The first-order valence-corrected chi connectivity index (χ1v) is 5.14. The van der Waals surface area contributed by atoms with E-state index in [1.807, 2.05) is 0 Å². The number of aryl methyl sites for hydroxylation is 2. The van der Waals surface area contributed by atoms with Crippen molar-refractivity contribution in [2.45, 2.75) is 32.6 Å². The van der Waals surface area contributed by atoms with Crippen LogP contribution in [0.15, 0.2) is 0 Å². The number of rotatable bonds is 3. The van der Waals surface area contributed by atoms with Crippen LogP contribution in [0.5, 0.6) is 0 Å². The van der Waals surface area contributed by atoms with Gasteiger partial charge in [-0.2, -0.15) is 0 Å². The van der Waals surface area contributed by atoms with Gasteiger partial charge in [-0.1, -0.05) is 13.3 Å². The van der Waals surface area contributed by atoms with Crippen molar-refractivity contribution in [3.63, 3.8) is 0 Å². The summed E-state index contributed by atoms with van der Waals surface area (Å²) < 4.78 is 0. The van der Waals surface area contributed by atoms with Gasteiger partial charge < -0.3 is 0 Å². The lowest BCUT2D eigenvalue weighted by molar-refractivity contribution is 0.879. The molecule has 1 aromatic heterocycles. The second-order valence-corrected chi connectivity index (χ2v) is 4.05. The Hall–Kier alpha value is -0.0800. The summed E-state index contributed by atoms with van der Waals surface area (Å²) in [7, 11) is 0. The molecule has 0 amide bonds. The Morgan fingerprint density at radius 2 is 2.27 bits per heavy atom. The number of hydrogen-bond acceptors (Lipinski definition) is 2. The zero-order chi connectivity index (χ0) is 8.27. The van der Waals surface area contributed by atoms with E-state index in [9.17, 15) is 0 Å². The lowest BCUT2D eigenvalue weighted by atomic mass is 10.2. The number of halogens is 1. The summed E-state index contributed by atoms with van der Waals surface area (Å²) in [5.41, 5.74) is 1.23. The Morgan fingerprint density at radius 3 is 2.73 bits per heavy atom. The van der Waals surface area contributed by atoms with Crippen LogP contribution in [-0.4, -0.2) is 4.98 Å². The lowest BCUT2D eigenvalue weighted by Crippen LogP contribution is -1.85. The van der Waals surface area contributed by atoms with Gasteiger partial charge in [-0.15, -0.1) is 22.9 Å². The Morgan fingerprint density at radius 1 is 1.55 bits per heavy atom. The van der Waals surface area contributed by atoms with E-state index in [0.29, 0.717) is 5.88 Å². The molecule has 0 atom stereocenters. The molecule has 0 saturated heterocycles. The molecule has 3 heteroatoms. The monoisotopic (exact) mass is 189 g/mol. The summed E-state index contributed by atoms with van der Waals surface area (Å²) in [6, 6.07) is 0. The average molecular weight is 190 g/mol. The first-order valence-electron chi connectivity index (χ1n) is 3.79. The maximum Gasteiger partial charge on any atom is 0.108 e. The molecule has 0 aliphatic carbocycles. The SMILES string of the molecule is CCCc1nc(CCl)sc1C. The Kier molecular flexibility index (Phi) is 3.34. The largest absolute Gasteiger partial charge is 0.245 e. The molecule has 0 fully saturated rings. The molecule has 0 aromatic carbocycles. The van der Waals surface area contributed by atoms with Crippen LogP contribution < -0.4 is 0 Å². The van der Waals surface area contributed by atoms with Gasteiger partial charge in [-0.25, -0.2) is 4.98 Å². The van der Waals surface area contributed by atoms with Crippen molar-refractivity contribution in [1.82, 2.24) is 4.98 Å². The van der Waals surface area contributed by atoms with Crippen molar-refractivity contribution in [1.29, 1.82) is 0 Å². The summed E-state index contributed by atoms with van der Waals surface area (Å²) in [6.45, 7) is 4.28. The van der Waals surface area contributed by atoms with E-state index in [-0.39, 0.29) is 0 Å². The third-order valence-corrected chi connectivity index (χ3v) is 2.96. The molecule has 11 heavy (non-hydrogen) atoms. The Labute approximate surface area is 76.4 Å². The molecule has 0 radical (unpaired) electrons. The van der Waals surface area contributed by atoms with Crippen molar-refractivity contribution in [3.8, 4) is 0 Å². The van der Waals surface area contributed by atoms with Gasteiger partial charge in [-0.3, -0.25) is 0 Å². The molecular weight excluding hydrogens is 178 g/mol. The van der Waals surface area contributed by atoms with Crippen molar-refractivity contribution in [2.24, 2.45) is 0 Å². The van der Waals surface area contributed by atoms with Gasteiger partial charge >= 0.3 is 0 Å². The highest BCUT2D eigenvalue weighted by Crippen LogP contribution is 2.19. The summed E-state index contributed by atoms with van der Waals surface area (Å²) in [5.74, 6) is 0.551. The van der Waals surface area contributed by atoms with E-state index in [1.165, 1.54) is 10.6 Å². The van der Waals surface area contributed by atoms with E-state index in [4.69, 9.17) is 11.6 Å². The maximum atomic E-state index is 5.66. The minimum atomic E-state index is 0.551. The first-order chi connectivity index (χ1) is 5.27. The zero-order valence-electron chi connectivity index (χ0n) is 6.85. The standard InChI is InChI=1S/C8H12ClNS/c1-3-4-7-6(2)11-8(5-9)10-7/h3-5H2,1-2H3. The predicted molar refractivity (Wildman–Crippen MR) is 50.4 cm³/mol. The highest BCUT2D eigenvalue weighted by Gasteiger charge is 2.04. The normalized spacial score (nSPS) is 10.5.